The van der Waals surface area contributed by atoms with Crippen LogP contribution >= 0.6 is 0 Å². The summed E-state index contributed by atoms with van der Waals surface area (Å²) in [7, 11) is 0. The first-order valence-electron chi connectivity index (χ1n) is 7.74. The lowest BCUT2D eigenvalue weighted by Crippen LogP contribution is -2.48. The molecule has 0 radical (unpaired) electrons. The monoisotopic (exact) mass is 316 g/mol. The van der Waals surface area contributed by atoms with Gasteiger partial charge in [-0.15, -0.1) is 0 Å². The number of benzene rings is 1. The Balaban J connectivity index is 2.00. The Labute approximate surface area is 136 Å². The molecule has 23 heavy (non-hydrogen) atoms. The van der Waals surface area contributed by atoms with Crippen LogP contribution in [0.15, 0.2) is 24.3 Å². The number of hydrogen-bond donors (Lipinski definition) is 3. The molecule has 1 aromatic carbocycles. The first-order valence-corrected chi connectivity index (χ1v) is 7.74. The van der Waals surface area contributed by atoms with Crippen LogP contribution in [0.5, 0.6) is 0 Å². The summed E-state index contributed by atoms with van der Waals surface area (Å²) >= 11 is 0. The number of carbonyl (C=O) groups excluding carboxylic acids is 2. The van der Waals surface area contributed by atoms with E-state index < -0.39 is 11.5 Å². The molecular formula is C17H24N4O2. The lowest BCUT2D eigenvalue weighted by atomic mass is 9.95. The number of amides is 2. The molecular weight excluding hydrogens is 292 g/mol. The van der Waals surface area contributed by atoms with Crippen LogP contribution in [-0.4, -0.2) is 27.8 Å². The van der Waals surface area contributed by atoms with Gasteiger partial charge in [0.2, 0.25) is 11.8 Å². The minimum Gasteiger partial charge on any atom is -0.345 e. The van der Waals surface area contributed by atoms with Crippen LogP contribution in [0.3, 0.4) is 0 Å². The molecule has 1 aromatic heterocycles. The van der Waals surface area contributed by atoms with Crippen molar-refractivity contribution < 1.29 is 9.59 Å². The number of H-pyrrole nitrogens is 1. The van der Waals surface area contributed by atoms with E-state index in [-0.39, 0.29) is 17.9 Å². The molecule has 3 N–H and O–H groups in total. The molecule has 0 saturated carbocycles. The van der Waals surface area contributed by atoms with Gasteiger partial charge in [0.15, 0.2) is 0 Å². The zero-order valence-electron chi connectivity index (χ0n) is 14.2. The zero-order valence-corrected chi connectivity index (χ0v) is 14.2. The third-order valence-electron chi connectivity index (χ3n) is 3.60. The summed E-state index contributed by atoms with van der Waals surface area (Å²) in [5.74, 6) is 0.293. The van der Waals surface area contributed by atoms with Gasteiger partial charge >= 0.3 is 0 Å². The van der Waals surface area contributed by atoms with Crippen molar-refractivity contribution in [1.82, 2.24) is 20.6 Å². The first kappa shape index (κ1) is 17.0. The maximum atomic E-state index is 12.2. The SMILES string of the molecule is CC(NC(=O)C(C)(C)C)C(=O)NC(C)c1nc2ccccc2[nH]1. The largest absolute Gasteiger partial charge is 0.345 e. The summed E-state index contributed by atoms with van der Waals surface area (Å²) in [6.45, 7) is 8.95. The van der Waals surface area contributed by atoms with E-state index in [1.54, 1.807) is 6.92 Å². The highest BCUT2D eigenvalue weighted by Crippen LogP contribution is 2.16. The molecule has 0 aliphatic rings. The molecule has 0 aliphatic carbocycles. The number of fused-ring (bicyclic) bond motifs is 1. The summed E-state index contributed by atoms with van der Waals surface area (Å²) < 4.78 is 0. The van der Waals surface area contributed by atoms with Gasteiger partial charge in [0.1, 0.15) is 11.9 Å². The topological polar surface area (TPSA) is 86.9 Å². The van der Waals surface area contributed by atoms with Crippen molar-refractivity contribution in [3.8, 4) is 0 Å². The standard InChI is InChI=1S/C17H24N4O2/c1-10(14-20-12-8-6-7-9-13(12)21-14)18-15(22)11(2)19-16(23)17(3,4)5/h6-11H,1-5H3,(H,18,22)(H,19,23)(H,20,21). The van der Waals surface area contributed by atoms with E-state index in [9.17, 15) is 9.59 Å². The average molecular weight is 316 g/mol. The van der Waals surface area contributed by atoms with Gasteiger partial charge in [-0.3, -0.25) is 9.59 Å². The van der Waals surface area contributed by atoms with Gasteiger partial charge in [0, 0.05) is 5.41 Å². The van der Waals surface area contributed by atoms with E-state index in [2.05, 4.69) is 20.6 Å². The Morgan fingerprint density at radius 2 is 1.78 bits per heavy atom. The van der Waals surface area contributed by atoms with Crippen molar-refractivity contribution in [2.24, 2.45) is 5.41 Å². The highest BCUT2D eigenvalue weighted by molar-refractivity contribution is 5.89. The van der Waals surface area contributed by atoms with Gasteiger partial charge < -0.3 is 15.6 Å². The van der Waals surface area contributed by atoms with E-state index >= 15 is 0 Å². The number of nitrogens with one attached hydrogen (secondary N) is 3. The van der Waals surface area contributed by atoms with Crippen LogP contribution in [0, 0.1) is 5.41 Å². The fourth-order valence-electron chi connectivity index (χ4n) is 2.06. The van der Waals surface area contributed by atoms with Crippen LogP contribution in [-0.2, 0) is 9.59 Å². The van der Waals surface area contributed by atoms with Crippen LogP contribution in [0.1, 0.15) is 46.5 Å². The van der Waals surface area contributed by atoms with Crippen molar-refractivity contribution in [3.63, 3.8) is 0 Å². The minimum absolute atomic E-state index is 0.156. The molecule has 6 nitrogen and oxygen atoms in total. The highest BCUT2D eigenvalue weighted by atomic mass is 16.2. The van der Waals surface area contributed by atoms with E-state index in [4.69, 9.17) is 0 Å². The Morgan fingerprint density at radius 3 is 2.39 bits per heavy atom. The van der Waals surface area contributed by atoms with Crippen LogP contribution in [0.2, 0.25) is 0 Å². The number of aromatic amines is 1. The van der Waals surface area contributed by atoms with Gasteiger partial charge in [-0.1, -0.05) is 32.9 Å². The fourth-order valence-corrected chi connectivity index (χ4v) is 2.06. The number of rotatable bonds is 4. The third-order valence-corrected chi connectivity index (χ3v) is 3.60. The average Bonchev–Trinajstić information content (AvgIpc) is 2.90. The lowest BCUT2D eigenvalue weighted by Gasteiger charge is -2.22. The molecule has 1 heterocycles. The predicted octanol–water partition coefficient (Wildman–Crippen LogP) is 2.29. The van der Waals surface area contributed by atoms with Crippen LogP contribution in [0.4, 0.5) is 0 Å². The predicted molar refractivity (Wildman–Crippen MR) is 89.7 cm³/mol. The van der Waals surface area contributed by atoms with Gasteiger partial charge in [-0.05, 0) is 26.0 Å². The molecule has 124 valence electrons. The number of aromatic nitrogens is 2. The second-order valence-electron chi connectivity index (χ2n) is 6.81. The quantitative estimate of drug-likeness (QED) is 0.809. The Kier molecular flexibility index (Phi) is 4.73. The van der Waals surface area contributed by atoms with Crippen LogP contribution in [0.25, 0.3) is 11.0 Å². The van der Waals surface area contributed by atoms with Gasteiger partial charge in [-0.25, -0.2) is 4.98 Å². The van der Waals surface area contributed by atoms with Gasteiger partial charge in [-0.2, -0.15) is 0 Å². The van der Waals surface area contributed by atoms with Gasteiger partial charge in [0.05, 0.1) is 17.1 Å². The van der Waals surface area contributed by atoms with E-state index in [1.165, 1.54) is 0 Å². The molecule has 2 atom stereocenters. The molecule has 2 aromatic rings. The van der Waals surface area contributed by atoms with E-state index in [1.807, 2.05) is 52.0 Å². The molecule has 0 fully saturated rings. The second kappa shape index (κ2) is 6.40. The van der Waals surface area contributed by atoms with E-state index in [0.717, 1.165) is 11.0 Å². The number of carbonyl (C=O) groups is 2. The normalized spacial score (nSPS) is 14.3. The number of imidazole rings is 1. The molecule has 2 unspecified atom stereocenters. The molecule has 2 amide bonds. The van der Waals surface area contributed by atoms with Crippen LogP contribution < -0.4 is 10.6 Å². The smallest absolute Gasteiger partial charge is 0.242 e. The summed E-state index contributed by atoms with van der Waals surface area (Å²) in [5.41, 5.74) is 1.26. The number of para-hydroxylation sites is 2. The summed E-state index contributed by atoms with van der Waals surface area (Å²) in [4.78, 5) is 31.8. The van der Waals surface area contributed by atoms with Gasteiger partial charge in [0.25, 0.3) is 0 Å². The number of hydrogen-bond acceptors (Lipinski definition) is 3. The van der Waals surface area contributed by atoms with Crippen molar-refractivity contribution in [3.05, 3.63) is 30.1 Å². The van der Waals surface area contributed by atoms with Crippen molar-refractivity contribution in [1.29, 1.82) is 0 Å². The first-order chi connectivity index (χ1) is 10.7. The summed E-state index contributed by atoms with van der Waals surface area (Å²) in [6.07, 6.45) is 0. The molecule has 0 saturated heterocycles. The minimum atomic E-state index is -0.603. The highest BCUT2D eigenvalue weighted by Gasteiger charge is 2.26. The maximum Gasteiger partial charge on any atom is 0.242 e. The Bertz CT molecular complexity index is 682. The fraction of sp³-hybridized carbons (Fsp3) is 0.471. The summed E-state index contributed by atoms with van der Waals surface area (Å²) in [5, 5.41) is 5.59. The second-order valence-corrected chi connectivity index (χ2v) is 6.81. The molecule has 6 heteroatoms. The molecule has 0 aliphatic heterocycles. The third kappa shape index (κ3) is 4.09. The molecule has 0 bridgehead atoms. The maximum absolute atomic E-state index is 12.2. The lowest BCUT2D eigenvalue weighted by molar-refractivity contribution is -0.133. The Morgan fingerprint density at radius 1 is 1.13 bits per heavy atom. The van der Waals surface area contributed by atoms with E-state index in [0.29, 0.717) is 5.82 Å². The van der Waals surface area contributed by atoms with Crippen molar-refractivity contribution >= 4 is 22.8 Å². The molecule has 0 spiro atoms. The zero-order chi connectivity index (χ0) is 17.2. The number of nitrogens with zero attached hydrogens (tertiary/aromatic N) is 1. The van der Waals surface area contributed by atoms with Crippen molar-refractivity contribution in [2.45, 2.75) is 46.7 Å². The van der Waals surface area contributed by atoms with Crippen molar-refractivity contribution in [2.75, 3.05) is 0 Å². The molecule has 2 rings (SSSR count). The Hall–Kier alpha value is -2.37. The summed E-state index contributed by atoms with van der Waals surface area (Å²) in [6, 6.07) is 6.82.